The number of aliphatic hydroxyl groups excluding tert-OH is 1. The molecule has 4 heteroatoms. The normalized spacial score (nSPS) is 13.9. The summed E-state index contributed by atoms with van der Waals surface area (Å²) in [6.45, 7) is 9.64. The number of benzene rings is 3. The van der Waals surface area contributed by atoms with Gasteiger partial charge in [0.2, 0.25) is 0 Å². The first kappa shape index (κ1) is 24.2. The summed E-state index contributed by atoms with van der Waals surface area (Å²) in [7, 11) is -2.58. The molecule has 0 aliphatic heterocycles. The van der Waals surface area contributed by atoms with E-state index >= 15 is 0 Å². The summed E-state index contributed by atoms with van der Waals surface area (Å²) in [5.74, 6) is 0.144. The molecule has 0 bridgehead atoms. The zero-order valence-electron chi connectivity index (χ0n) is 20.6. The monoisotopic (exact) mass is 469 g/mol. The molecule has 3 nitrogen and oxygen atoms in total. The molecule has 0 fully saturated rings. The molecule has 0 radical (unpaired) electrons. The van der Waals surface area contributed by atoms with E-state index in [1.54, 1.807) is 0 Å². The molecular weight excluding hydrogens is 434 g/mol. The molecule has 1 atom stereocenters. The van der Waals surface area contributed by atoms with Crippen molar-refractivity contribution in [2.24, 2.45) is 5.92 Å². The zero-order valence-corrected chi connectivity index (χ0v) is 21.6. The standard InChI is InChI=1S/C30H35NO2Si/c1-23(19-26(21-32)24-15-16-29-25(20-24)17-18-31-29)22-33-34(30(2,3)4,27-11-7-5-8-12-27)28-13-9-6-10-14-28/h5-20,23,31-32H,21-22H2,1-4H3/b26-19+. The minimum atomic E-state index is -2.58. The Kier molecular flexibility index (Phi) is 7.22. The highest BCUT2D eigenvalue weighted by atomic mass is 28.4. The van der Waals surface area contributed by atoms with E-state index in [-0.39, 0.29) is 17.6 Å². The first-order valence-corrected chi connectivity index (χ1v) is 13.9. The molecule has 2 N–H and O–H groups in total. The zero-order chi connectivity index (χ0) is 24.2. The van der Waals surface area contributed by atoms with Crippen LogP contribution in [0.2, 0.25) is 5.04 Å². The molecule has 0 saturated carbocycles. The lowest BCUT2D eigenvalue weighted by molar-refractivity contribution is 0.267. The van der Waals surface area contributed by atoms with Crippen molar-refractivity contribution in [1.82, 2.24) is 4.98 Å². The highest BCUT2D eigenvalue weighted by molar-refractivity contribution is 6.99. The maximum Gasteiger partial charge on any atom is 0.261 e. The molecule has 0 aliphatic carbocycles. The van der Waals surface area contributed by atoms with Gasteiger partial charge in [-0.3, -0.25) is 0 Å². The van der Waals surface area contributed by atoms with Gasteiger partial charge in [0.1, 0.15) is 0 Å². The Morgan fingerprint density at radius 2 is 1.56 bits per heavy atom. The summed E-state index contributed by atoms with van der Waals surface area (Å²) in [5, 5.41) is 13.8. The van der Waals surface area contributed by atoms with Crippen molar-refractivity contribution in [3.63, 3.8) is 0 Å². The quantitative estimate of drug-likeness (QED) is 0.323. The van der Waals surface area contributed by atoms with E-state index in [4.69, 9.17) is 4.43 Å². The van der Waals surface area contributed by atoms with Crippen LogP contribution in [0.5, 0.6) is 0 Å². The van der Waals surface area contributed by atoms with Gasteiger partial charge in [-0.05, 0) is 56.1 Å². The van der Waals surface area contributed by atoms with Crippen molar-refractivity contribution in [2.75, 3.05) is 13.2 Å². The molecule has 0 saturated heterocycles. The Hall–Kier alpha value is -2.92. The van der Waals surface area contributed by atoms with Crippen LogP contribution in [0.4, 0.5) is 0 Å². The Balaban J connectivity index is 1.67. The van der Waals surface area contributed by atoms with Crippen molar-refractivity contribution >= 4 is 35.2 Å². The second-order valence-corrected chi connectivity index (χ2v) is 14.4. The van der Waals surface area contributed by atoms with Gasteiger partial charge in [0.05, 0.1) is 6.61 Å². The Morgan fingerprint density at radius 3 is 2.12 bits per heavy atom. The fourth-order valence-electron chi connectivity index (χ4n) is 4.90. The number of nitrogens with one attached hydrogen (secondary N) is 1. The highest BCUT2D eigenvalue weighted by Gasteiger charge is 2.50. The van der Waals surface area contributed by atoms with Crippen LogP contribution in [-0.4, -0.2) is 31.6 Å². The van der Waals surface area contributed by atoms with Gasteiger partial charge < -0.3 is 14.5 Å². The SMILES string of the molecule is CC(/C=C(\CO)c1ccc2[nH]ccc2c1)CO[Si](c1ccccc1)(c1ccccc1)C(C)(C)C. The number of hydrogen-bond donors (Lipinski definition) is 2. The molecule has 4 rings (SSSR count). The molecule has 1 heterocycles. The van der Waals surface area contributed by atoms with Gasteiger partial charge in [0.15, 0.2) is 0 Å². The number of hydrogen-bond acceptors (Lipinski definition) is 2. The molecule has 34 heavy (non-hydrogen) atoms. The van der Waals surface area contributed by atoms with Crippen LogP contribution in [0.25, 0.3) is 16.5 Å². The van der Waals surface area contributed by atoms with Gasteiger partial charge in [-0.2, -0.15) is 0 Å². The van der Waals surface area contributed by atoms with Crippen molar-refractivity contribution in [2.45, 2.75) is 32.7 Å². The van der Waals surface area contributed by atoms with Crippen molar-refractivity contribution in [3.05, 3.63) is 103 Å². The Labute approximate surface area is 204 Å². The predicted molar refractivity (Wildman–Crippen MR) is 146 cm³/mol. The Morgan fingerprint density at radius 1 is 0.941 bits per heavy atom. The average molecular weight is 470 g/mol. The minimum absolute atomic E-state index is 0.000514. The van der Waals surface area contributed by atoms with Crippen LogP contribution in [0.15, 0.2) is 97.2 Å². The number of H-pyrrole nitrogens is 1. The van der Waals surface area contributed by atoms with Crippen LogP contribution in [0.1, 0.15) is 33.3 Å². The average Bonchev–Trinajstić information content (AvgIpc) is 3.31. The van der Waals surface area contributed by atoms with E-state index in [1.165, 1.54) is 10.4 Å². The van der Waals surface area contributed by atoms with Crippen molar-refractivity contribution < 1.29 is 9.53 Å². The molecule has 0 aliphatic rings. The van der Waals surface area contributed by atoms with Gasteiger partial charge in [0, 0.05) is 18.3 Å². The number of aromatic nitrogens is 1. The van der Waals surface area contributed by atoms with Crippen molar-refractivity contribution in [3.8, 4) is 0 Å². The lowest BCUT2D eigenvalue weighted by Gasteiger charge is -2.43. The lowest BCUT2D eigenvalue weighted by Crippen LogP contribution is -2.66. The van der Waals surface area contributed by atoms with Crippen LogP contribution in [-0.2, 0) is 4.43 Å². The van der Waals surface area contributed by atoms with Gasteiger partial charge in [-0.15, -0.1) is 0 Å². The molecular formula is C30H35NO2Si. The number of aliphatic hydroxyl groups is 1. The largest absolute Gasteiger partial charge is 0.407 e. The molecule has 0 spiro atoms. The summed E-state index contributed by atoms with van der Waals surface area (Å²) in [4.78, 5) is 3.23. The number of rotatable bonds is 8. The third kappa shape index (κ3) is 4.80. The van der Waals surface area contributed by atoms with E-state index in [9.17, 15) is 5.11 Å². The Bertz CT molecular complexity index is 1200. The summed E-state index contributed by atoms with van der Waals surface area (Å²) in [6, 6.07) is 29.8. The fourth-order valence-corrected chi connectivity index (χ4v) is 9.57. The molecule has 1 aromatic heterocycles. The highest BCUT2D eigenvalue weighted by Crippen LogP contribution is 2.37. The smallest absolute Gasteiger partial charge is 0.261 e. The van der Waals surface area contributed by atoms with E-state index in [0.717, 1.165) is 22.0 Å². The topological polar surface area (TPSA) is 45.2 Å². The third-order valence-corrected chi connectivity index (χ3v) is 11.6. The minimum Gasteiger partial charge on any atom is -0.407 e. The molecule has 4 aromatic rings. The second kappa shape index (κ2) is 10.1. The van der Waals surface area contributed by atoms with Crippen LogP contribution in [0, 0.1) is 5.92 Å². The fraction of sp³-hybridized carbons (Fsp3) is 0.267. The van der Waals surface area contributed by atoms with Gasteiger partial charge >= 0.3 is 0 Å². The molecule has 176 valence electrons. The summed E-state index contributed by atoms with van der Waals surface area (Å²) in [6.07, 6.45) is 4.10. The van der Waals surface area contributed by atoms with Crippen molar-refractivity contribution in [1.29, 1.82) is 0 Å². The molecule has 3 aromatic carbocycles. The molecule has 1 unspecified atom stereocenters. The first-order valence-electron chi connectivity index (χ1n) is 12.0. The molecule has 0 amide bonds. The summed E-state index contributed by atoms with van der Waals surface area (Å²) >= 11 is 0. The third-order valence-electron chi connectivity index (χ3n) is 6.56. The van der Waals surface area contributed by atoms with Gasteiger partial charge in [0.25, 0.3) is 8.32 Å². The predicted octanol–water partition coefficient (Wildman–Crippen LogP) is 5.76. The number of fused-ring (bicyclic) bond motifs is 1. The van der Waals surface area contributed by atoms with Crippen LogP contribution < -0.4 is 10.4 Å². The van der Waals surface area contributed by atoms with E-state index in [0.29, 0.717) is 6.61 Å². The maximum absolute atomic E-state index is 10.2. The van der Waals surface area contributed by atoms with E-state index < -0.39 is 8.32 Å². The summed E-state index contributed by atoms with van der Waals surface area (Å²) in [5.41, 5.74) is 3.08. The lowest BCUT2D eigenvalue weighted by atomic mass is 10.0. The number of aromatic amines is 1. The summed E-state index contributed by atoms with van der Waals surface area (Å²) < 4.78 is 7.07. The van der Waals surface area contributed by atoms with Gasteiger partial charge in [-0.1, -0.05) is 101 Å². The van der Waals surface area contributed by atoms with Crippen LogP contribution >= 0.6 is 0 Å². The van der Waals surface area contributed by atoms with E-state index in [1.807, 2.05) is 6.20 Å². The van der Waals surface area contributed by atoms with Gasteiger partial charge in [-0.25, -0.2) is 0 Å². The second-order valence-electron chi connectivity index (χ2n) is 10.1. The maximum atomic E-state index is 10.2. The van der Waals surface area contributed by atoms with Crippen LogP contribution in [0.3, 0.4) is 0 Å². The van der Waals surface area contributed by atoms with E-state index in [2.05, 4.69) is 124 Å². The first-order chi connectivity index (χ1) is 16.3.